The van der Waals surface area contributed by atoms with Gasteiger partial charge in [-0.05, 0) is 18.6 Å². The van der Waals surface area contributed by atoms with Crippen LogP contribution in [0.5, 0.6) is 0 Å². The predicted molar refractivity (Wildman–Crippen MR) is 63.5 cm³/mol. The first-order valence-corrected chi connectivity index (χ1v) is 5.80. The van der Waals surface area contributed by atoms with Gasteiger partial charge in [-0.3, -0.25) is 4.79 Å². The highest BCUT2D eigenvalue weighted by Crippen LogP contribution is 2.28. The Morgan fingerprint density at radius 1 is 1.61 bits per heavy atom. The first-order chi connectivity index (χ1) is 8.49. The SMILES string of the molecule is CCOC(=O)Cc1nc(N)cc(C(F)F)c1CCl. The number of alkyl halides is 3. The van der Waals surface area contributed by atoms with E-state index in [0.29, 0.717) is 0 Å². The van der Waals surface area contributed by atoms with Crippen LogP contribution in [0.4, 0.5) is 14.6 Å². The predicted octanol–water partition coefficient (Wildman–Crippen LogP) is 2.45. The average molecular weight is 279 g/mol. The standard InChI is InChI=1S/C11H13ClF2N2O2/c1-2-18-10(17)4-8-7(5-12)6(11(13)14)3-9(15)16-8/h3,11H,2,4-5H2,1H3,(H2,15,16). The third-order valence-corrected chi connectivity index (χ3v) is 2.52. The first kappa shape index (κ1) is 14.6. The van der Waals surface area contributed by atoms with Crippen molar-refractivity contribution in [3.05, 3.63) is 22.9 Å². The van der Waals surface area contributed by atoms with Crippen molar-refractivity contribution in [2.75, 3.05) is 12.3 Å². The van der Waals surface area contributed by atoms with E-state index in [1.807, 2.05) is 0 Å². The summed E-state index contributed by atoms with van der Waals surface area (Å²) in [5, 5.41) is 0. The van der Waals surface area contributed by atoms with E-state index in [1.54, 1.807) is 6.92 Å². The van der Waals surface area contributed by atoms with Crippen LogP contribution in [-0.2, 0) is 21.8 Å². The summed E-state index contributed by atoms with van der Waals surface area (Å²) < 4.78 is 30.3. The van der Waals surface area contributed by atoms with Crippen molar-refractivity contribution in [1.82, 2.24) is 4.98 Å². The number of halogens is 3. The second kappa shape index (κ2) is 6.49. The van der Waals surface area contributed by atoms with Crippen molar-refractivity contribution >= 4 is 23.4 Å². The second-order valence-electron chi connectivity index (χ2n) is 3.48. The fourth-order valence-corrected chi connectivity index (χ4v) is 1.82. The fourth-order valence-electron chi connectivity index (χ4n) is 1.51. The van der Waals surface area contributed by atoms with Crippen LogP contribution in [0.2, 0.25) is 0 Å². The minimum absolute atomic E-state index is 0.0709. The number of carbonyl (C=O) groups is 1. The summed E-state index contributed by atoms with van der Waals surface area (Å²) in [6.45, 7) is 1.86. The van der Waals surface area contributed by atoms with E-state index in [0.717, 1.165) is 6.07 Å². The number of aromatic nitrogens is 1. The number of carbonyl (C=O) groups excluding carboxylic acids is 1. The number of nitrogen functional groups attached to an aromatic ring is 1. The van der Waals surface area contributed by atoms with Gasteiger partial charge in [-0.15, -0.1) is 11.6 Å². The summed E-state index contributed by atoms with van der Waals surface area (Å²) >= 11 is 5.63. The van der Waals surface area contributed by atoms with Gasteiger partial charge in [0.05, 0.1) is 18.7 Å². The number of ether oxygens (including phenoxy) is 1. The van der Waals surface area contributed by atoms with E-state index in [4.69, 9.17) is 22.1 Å². The number of nitrogens with zero attached hydrogens (tertiary/aromatic N) is 1. The maximum atomic E-state index is 12.8. The molecule has 0 saturated heterocycles. The molecule has 0 aliphatic carbocycles. The van der Waals surface area contributed by atoms with Crippen molar-refractivity contribution in [3.8, 4) is 0 Å². The Hall–Kier alpha value is -1.43. The molecule has 1 heterocycles. The summed E-state index contributed by atoms with van der Waals surface area (Å²) in [5.41, 5.74) is 5.41. The molecular weight excluding hydrogens is 266 g/mol. The Labute approximate surface area is 108 Å². The van der Waals surface area contributed by atoms with Gasteiger partial charge < -0.3 is 10.5 Å². The van der Waals surface area contributed by atoms with Crippen LogP contribution in [0.1, 0.15) is 30.2 Å². The zero-order valence-electron chi connectivity index (χ0n) is 9.75. The molecule has 18 heavy (non-hydrogen) atoms. The highest BCUT2D eigenvalue weighted by atomic mass is 35.5. The number of anilines is 1. The van der Waals surface area contributed by atoms with Crippen LogP contribution in [-0.4, -0.2) is 17.6 Å². The van der Waals surface area contributed by atoms with Gasteiger partial charge in [0.15, 0.2) is 0 Å². The minimum atomic E-state index is -2.72. The summed E-state index contributed by atoms with van der Waals surface area (Å²) in [5.74, 6) is -0.789. The molecule has 1 rings (SSSR count). The quantitative estimate of drug-likeness (QED) is 0.664. The monoisotopic (exact) mass is 278 g/mol. The van der Waals surface area contributed by atoms with Crippen LogP contribution in [0.25, 0.3) is 0 Å². The average Bonchev–Trinajstić information content (AvgIpc) is 2.28. The summed E-state index contributed by atoms with van der Waals surface area (Å²) in [6.07, 6.45) is -2.94. The zero-order valence-corrected chi connectivity index (χ0v) is 10.5. The molecule has 0 spiro atoms. The summed E-state index contributed by atoms with van der Waals surface area (Å²) in [6, 6.07) is 1.07. The normalized spacial score (nSPS) is 10.7. The maximum absolute atomic E-state index is 12.8. The third kappa shape index (κ3) is 3.53. The van der Waals surface area contributed by atoms with Gasteiger partial charge in [-0.1, -0.05) is 0 Å². The number of hydrogen-bond acceptors (Lipinski definition) is 4. The van der Waals surface area contributed by atoms with Gasteiger partial charge in [-0.2, -0.15) is 0 Å². The third-order valence-electron chi connectivity index (χ3n) is 2.25. The van der Waals surface area contributed by atoms with Crippen molar-refractivity contribution in [3.63, 3.8) is 0 Å². The van der Waals surface area contributed by atoms with Gasteiger partial charge in [0.1, 0.15) is 5.82 Å². The molecule has 2 N–H and O–H groups in total. The Bertz CT molecular complexity index is 441. The smallest absolute Gasteiger partial charge is 0.311 e. The lowest BCUT2D eigenvalue weighted by Gasteiger charge is -2.12. The summed E-state index contributed by atoms with van der Waals surface area (Å²) in [4.78, 5) is 15.2. The molecule has 100 valence electrons. The van der Waals surface area contributed by atoms with Crippen molar-refractivity contribution < 1.29 is 18.3 Å². The number of rotatable bonds is 5. The van der Waals surface area contributed by atoms with Gasteiger partial charge in [0.2, 0.25) is 0 Å². The number of pyridine rings is 1. The lowest BCUT2D eigenvalue weighted by molar-refractivity contribution is -0.142. The number of hydrogen-bond donors (Lipinski definition) is 1. The van der Waals surface area contributed by atoms with Gasteiger partial charge in [0.25, 0.3) is 6.43 Å². The molecule has 0 aromatic carbocycles. The largest absolute Gasteiger partial charge is 0.466 e. The molecule has 0 aliphatic heterocycles. The molecule has 0 aliphatic rings. The fraction of sp³-hybridized carbons (Fsp3) is 0.455. The summed E-state index contributed by atoms with van der Waals surface area (Å²) in [7, 11) is 0. The molecule has 4 nitrogen and oxygen atoms in total. The molecular formula is C11H13ClF2N2O2. The van der Waals surface area contributed by atoms with Crippen LogP contribution in [0.3, 0.4) is 0 Å². The van der Waals surface area contributed by atoms with Crippen molar-refractivity contribution in [2.24, 2.45) is 0 Å². The molecule has 1 aromatic heterocycles. The molecule has 0 fully saturated rings. The van der Waals surface area contributed by atoms with Crippen LogP contribution < -0.4 is 5.73 Å². The Morgan fingerprint density at radius 2 is 2.28 bits per heavy atom. The Morgan fingerprint density at radius 3 is 2.78 bits per heavy atom. The first-order valence-electron chi connectivity index (χ1n) is 5.27. The zero-order chi connectivity index (χ0) is 13.7. The lowest BCUT2D eigenvalue weighted by atomic mass is 10.1. The maximum Gasteiger partial charge on any atom is 0.311 e. The Kier molecular flexibility index (Phi) is 5.27. The highest BCUT2D eigenvalue weighted by Gasteiger charge is 2.20. The van der Waals surface area contributed by atoms with Crippen LogP contribution in [0.15, 0.2) is 6.07 Å². The highest BCUT2D eigenvalue weighted by molar-refractivity contribution is 6.17. The van der Waals surface area contributed by atoms with E-state index in [9.17, 15) is 13.6 Å². The van der Waals surface area contributed by atoms with Crippen LogP contribution >= 0.6 is 11.6 Å². The van der Waals surface area contributed by atoms with Crippen molar-refractivity contribution in [1.29, 1.82) is 0 Å². The molecule has 0 bridgehead atoms. The van der Waals surface area contributed by atoms with Crippen LogP contribution in [0, 0.1) is 0 Å². The Balaban J connectivity index is 3.13. The number of nitrogens with two attached hydrogens (primary N) is 1. The topological polar surface area (TPSA) is 65.2 Å². The van der Waals surface area contributed by atoms with Gasteiger partial charge in [0, 0.05) is 11.4 Å². The molecule has 0 unspecified atom stereocenters. The molecule has 0 atom stereocenters. The van der Waals surface area contributed by atoms with Crippen molar-refractivity contribution in [2.45, 2.75) is 25.7 Å². The van der Waals surface area contributed by atoms with Gasteiger partial charge in [-0.25, -0.2) is 13.8 Å². The van der Waals surface area contributed by atoms with E-state index in [-0.39, 0.29) is 41.5 Å². The molecule has 1 aromatic rings. The number of esters is 1. The van der Waals surface area contributed by atoms with Gasteiger partial charge >= 0.3 is 5.97 Å². The second-order valence-corrected chi connectivity index (χ2v) is 3.74. The van der Waals surface area contributed by atoms with E-state index < -0.39 is 12.4 Å². The minimum Gasteiger partial charge on any atom is -0.466 e. The van der Waals surface area contributed by atoms with E-state index in [1.165, 1.54) is 0 Å². The van der Waals surface area contributed by atoms with E-state index in [2.05, 4.69) is 4.98 Å². The molecule has 0 amide bonds. The molecule has 0 saturated carbocycles. The molecule has 0 radical (unpaired) electrons. The molecule has 7 heteroatoms. The van der Waals surface area contributed by atoms with E-state index >= 15 is 0 Å². The lowest BCUT2D eigenvalue weighted by Crippen LogP contribution is -2.13.